The number of carbonyl (C=O) groups excluding carboxylic acids is 2. The molecule has 0 radical (unpaired) electrons. The van der Waals surface area contributed by atoms with Crippen molar-refractivity contribution in [3.63, 3.8) is 0 Å². The molecule has 5 heteroatoms. The van der Waals surface area contributed by atoms with Gasteiger partial charge < -0.3 is 10.1 Å². The number of nitrogens with one attached hydrogen (secondary N) is 1. The molecule has 19 heavy (non-hydrogen) atoms. The zero-order valence-corrected chi connectivity index (χ0v) is 11.2. The van der Waals surface area contributed by atoms with E-state index in [1.165, 1.54) is 4.90 Å². The molecule has 1 saturated heterocycles. The lowest BCUT2D eigenvalue weighted by Gasteiger charge is -2.25. The maximum Gasteiger partial charge on any atom is 0.259 e. The average Bonchev–Trinajstić information content (AvgIpc) is 2.39. The summed E-state index contributed by atoms with van der Waals surface area (Å²) in [5.41, 5.74) is 1.66. The van der Waals surface area contributed by atoms with E-state index >= 15 is 0 Å². The minimum Gasteiger partial charge on any atom is -0.362 e. The highest BCUT2D eigenvalue weighted by Crippen LogP contribution is 2.22. The number of imide groups is 1. The molecule has 0 bridgehead atoms. The number of ether oxygens (including phenoxy) is 1. The van der Waals surface area contributed by atoms with Crippen LogP contribution >= 0.6 is 0 Å². The predicted octanol–water partition coefficient (Wildman–Crippen LogP) is 1.25. The number of rotatable bonds is 4. The maximum absolute atomic E-state index is 11.8. The average molecular weight is 262 g/mol. The highest BCUT2D eigenvalue weighted by molar-refractivity contribution is 6.17. The first-order valence-electron chi connectivity index (χ1n) is 6.40. The molecule has 5 nitrogen and oxygen atoms in total. The van der Waals surface area contributed by atoms with Crippen LogP contribution in [0.3, 0.4) is 0 Å². The molecule has 1 fully saturated rings. The fourth-order valence-corrected chi connectivity index (χ4v) is 2.14. The van der Waals surface area contributed by atoms with Gasteiger partial charge >= 0.3 is 0 Å². The van der Waals surface area contributed by atoms with Crippen LogP contribution < -0.4 is 10.2 Å². The molecule has 2 rings (SSSR count). The Kier molecular flexibility index (Phi) is 4.29. The number of hydrogen-bond acceptors (Lipinski definition) is 4. The van der Waals surface area contributed by atoms with Crippen molar-refractivity contribution in [1.82, 2.24) is 5.32 Å². The summed E-state index contributed by atoms with van der Waals surface area (Å²) in [7, 11) is 0. The SMILES string of the molecule is CCNC(C)c1cccc(N2C(=O)COCC2=O)c1. The van der Waals surface area contributed by atoms with E-state index in [1.807, 2.05) is 32.0 Å². The molecule has 1 aliphatic heterocycles. The Hall–Kier alpha value is -1.72. The summed E-state index contributed by atoms with van der Waals surface area (Å²) in [5.74, 6) is -0.631. The highest BCUT2D eigenvalue weighted by atomic mass is 16.5. The van der Waals surface area contributed by atoms with Crippen molar-refractivity contribution >= 4 is 17.5 Å². The van der Waals surface area contributed by atoms with Gasteiger partial charge in [-0.05, 0) is 31.2 Å². The molecule has 1 aromatic carbocycles. The first-order valence-corrected chi connectivity index (χ1v) is 6.40. The molecule has 102 valence electrons. The summed E-state index contributed by atoms with van der Waals surface area (Å²) in [5, 5.41) is 3.30. The van der Waals surface area contributed by atoms with E-state index in [0.717, 1.165) is 12.1 Å². The molecule has 0 aliphatic carbocycles. The van der Waals surface area contributed by atoms with Crippen LogP contribution in [0.15, 0.2) is 24.3 Å². The lowest BCUT2D eigenvalue weighted by Crippen LogP contribution is -2.46. The predicted molar refractivity (Wildman–Crippen MR) is 71.8 cm³/mol. The molecular formula is C14H18N2O3. The Bertz CT molecular complexity index is 471. The van der Waals surface area contributed by atoms with Crippen molar-refractivity contribution in [3.05, 3.63) is 29.8 Å². The van der Waals surface area contributed by atoms with Gasteiger partial charge in [-0.3, -0.25) is 9.59 Å². The van der Waals surface area contributed by atoms with Crippen molar-refractivity contribution in [1.29, 1.82) is 0 Å². The third kappa shape index (κ3) is 3.00. The third-order valence-electron chi connectivity index (χ3n) is 3.09. The monoisotopic (exact) mass is 262 g/mol. The molecule has 1 N–H and O–H groups in total. The lowest BCUT2D eigenvalue weighted by molar-refractivity contribution is -0.138. The number of hydrogen-bond donors (Lipinski definition) is 1. The summed E-state index contributed by atoms with van der Waals surface area (Å²) in [6, 6.07) is 7.65. The Morgan fingerprint density at radius 3 is 2.63 bits per heavy atom. The minimum absolute atomic E-state index is 0.0429. The van der Waals surface area contributed by atoms with E-state index in [9.17, 15) is 9.59 Å². The standard InChI is InChI=1S/C14H18N2O3/c1-3-15-10(2)11-5-4-6-12(7-11)16-13(17)8-19-9-14(16)18/h4-7,10,15H,3,8-9H2,1-2H3. The fraction of sp³-hybridized carbons (Fsp3) is 0.429. The Morgan fingerprint density at radius 2 is 2.00 bits per heavy atom. The van der Waals surface area contributed by atoms with Crippen LogP contribution in [0.1, 0.15) is 25.5 Å². The fourth-order valence-electron chi connectivity index (χ4n) is 2.14. The van der Waals surface area contributed by atoms with Crippen LogP contribution in [0.25, 0.3) is 0 Å². The largest absolute Gasteiger partial charge is 0.362 e. The maximum atomic E-state index is 11.8. The lowest BCUT2D eigenvalue weighted by atomic mass is 10.1. The number of benzene rings is 1. The molecule has 2 amide bonds. The van der Waals surface area contributed by atoms with E-state index in [4.69, 9.17) is 4.74 Å². The molecule has 0 spiro atoms. The number of anilines is 1. The van der Waals surface area contributed by atoms with Crippen LogP contribution in [0, 0.1) is 0 Å². The van der Waals surface area contributed by atoms with Crippen LogP contribution in [0.5, 0.6) is 0 Å². The molecule has 1 heterocycles. The van der Waals surface area contributed by atoms with Crippen molar-refractivity contribution in [3.8, 4) is 0 Å². The van der Waals surface area contributed by atoms with Crippen molar-refractivity contribution in [2.75, 3.05) is 24.7 Å². The van der Waals surface area contributed by atoms with E-state index < -0.39 is 0 Å². The summed E-state index contributed by atoms with van der Waals surface area (Å²) in [6.45, 7) is 4.86. The molecular weight excluding hydrogens is 244 g/mol. The van der Waals surface area contributed by atoms with Crippen LogP contribution in [-0.2, 0) is 14.3 Å². The van der Waals surface area contributed by atoms with Gasteiger partial charge in [0.2, 0.25) is 0 Å². The van der Waals surface area contributed by atoms with Gasteiger partial charge in [0, 0.05) is 6.04 Å². The van der Waals surface area contributed by atoms with Gasteiger partial charge in [-0.2, -0.15) is 0 Å². The van der Waals surface area contributed by atoms with Crippen LogP contribution in [0.2, 0.25) is 0 Å². The molecule has 0 saturated carbocycles. The Morgan fingerprint density at radius 1 is 1.32 bits per heavy atom. The second-order valence-corrected chi connectivity index (χ2v) is 4.49. The van der Waals surface area contributed by atoms with Gasteiger partial charge in [-0.1, -0.05) is 19.1 Å². The second-order valence-electron chi connectivity index (χ2n) is 4.49. The third-order valence-corrected chi connectivity index (χ3v) is 3.09. The Balaban J connectivity index is 2.27. The first kappa shape index (κ1) is 13.7. The number of nitrogens with zero attached hydrogens (tertiary/aromatic N) is 1. The summed E-state index contributed by atoms with van der Waals surface area (Å²) >= 11 is 0. The smallest absolute Gasteiger partial charge is 0.259 e. The molecule has 1 atom stereocenters. The molecule has 1 unspecified atom stereocenters. The van der Waals surface area contributed by atoms with E-state index in [-0.39, 0.29) is 31.1 Å². The number of amides is 2. The number of carbonyl (C=O) groups is 2. The van der Waals surface area contributed by atoms with Gasteiger partial charge in [-0.25, -0.2) is 4.90 Å². The van der Waals surface area contributed by atoms with E-state index in [2.05, 4.69) is 5.32 Å². The zero-order chi connectivity index (χ0) is 13.8. The van der Waals surface area contributed by atoms with Gasteiger partial charge in [-0.15, -0.1) is 0 Å². The van der Waals surface area contributed by atoms with Crippen LogP contribution in [0.4, 0.5) is 5.69 Å². The molecule has 1 aliphatic rings. The van der Waals surface area contributed by atoms with Gasteiger partial charge in [0.05, 0.1) is 5.69 Å². The number of morpholine rings is 1. The topological polar surface area (TPSA) is 58.6 Å². The summed E-state index contributed by atoms with van der Waals surface area (Å²) < 4.78 is 4.91. The molecule has 0 aromatic heterocycles. The minimum atomic E-state index is -0.315. The highest BCUT2D eigenvalue weighted by Gasteiger charge is 2.28. The van der Waals surface area contributed by atoms with Gasteiger partial charge in [0.15, 0.2) is 0 Å². The quantitative estimate of drug-likeness (QED) is 0.830. The second kappa shape index (κ2) is 5.95. The Labute approximate surface area is 112 Å². The van der Waals surface area contributed by atoms with Crippen molar-refractivity contribution in [2.45, 2.75) is 19.9 Å². The van der Waals surface area contributed by atoms with E-state index in [1.54, 1.807) is 6.07 Å². The van der Waals surface area contributed by atoms with Crippen LogP contribution in [-0.4, -0.2) is 31.6 Å². The van der Waals surface area contributed by atoms with Crippen molar-refractivity contribution < 1.29 is 14.3 Å². The van der Waals surface area contributed by atoms with Crippen molar-refractivity contribution in [2.24, 2.45) is 0 Å². The zero-order valence-electron chi connectivity index (χ0n) is 11.2. The molecule has 1 aromatic rings. The normalized spacial score (nSPS) is 17.7. The van der Waals surface area contributed by atoms with Gasteiger partial charge in [0.25, 0.3) is 11.8 Å². The summed E-state index contributed by atoms with van der Waals surface area (Å²) in [6.07, 6.45) is 0. The summed E-state index contributed by atoms with van der Waals surface area (Å²) in [4.78, 5) is 24.8. The van der Waals surface area contributed by atoms with E-state index in [0.29, 0.717) is 5.69 Å². The first-order chi connectivity index (χ1) is 9.13. The van der Waals surface area contributed by atoms with Gasteiger partial charge in [0.1, 0.15) is 13.2 Å².